The highest BCUT2D eigenvalue weighted by Gasteiger charge is 2.12. The monoisotopic (exact) mass is 243 g/mol. The topological polar surface area (TPSA) is 46.9 Å². The Hall–Kier alpha value is -2.10. The summed E-state index contributed by atoms with van der Waals surface area (Å²) in [5, 5.41) is 7.06. The number of nitrogens with zero attached hydrogens (tertiary/aromatic N) is 2. The van der Waals surface area contributed by atoms with Crippen LogP contribution in [0.25, 0.3) is 0 Å². The van der Waals surface area contributed by atoms with Crippen molar-refractivity contribution < 1.29 is 4.79 Å². The van der Waals surface area contributed by atoms with Crippen LogP contribution in [0.3, 0.4) is 0 Å². The molecule has 0 saturated heterocycles. The van der Waals surface area contributed by atoms with Gasteiger partial charge in [0.05, 0.1) is 0 Å². The standard InChI is InChI=1S/C14H17N3O/c1-9-5-6-10(2)12(7-9)15-14(18)13-8-11(3)17(4)16-13/h5-8H,1-4H3,(H,15,18). The van der Waals surface area contributed by atoms with E-state index < -0.39 is 0 Å². The molecule has 1 heterocycles. The normalized spacial score (nSPS) is 10.4. The van der Waals surface area contributed by atoms with E-state index in [9.17, 15) is 4.79 Å². The minimum absolute atomic E-state index is 0.174. The molecule has 4 heteroatoms. The molecule has 4 nitrogen and oxygen atoms in total. The summed E-state index contributed by atoms with van der Waals surface area (Å²) in [6, 6.07) is 7.76. The zero-order valence-corrected chi connectivity index (χ0v) is 11.1. The number of anilines is 1. The molecular weight excluding hydrogens is 226 g/mol. The number of aryl methyl sites for hydroxylation is 4. The van der Waals surface area contributed by atoms with Crippen LogP contribution in [-0.2, 0) is 7.05 Å². The highest BCUT2D eigenvalue weighted by Crippen LogP contribution is 2.17. The fraction of sp³-hybridized carbons (Fsp3) is 0.286. The highest BCUT2D eigenvalue weighted by molar-refractivity contribution is 6.03. The molecule has 0 saturated carbocycles. The van der Waals surface area contributed by atoms with Crippen LogP contribution in [-0.4, -0.2) is 15.7 Å². The van der Waals surface area contributed by atoms with Gasteiger partial charge in [-0.2, -0.15) is 5.10 Å². The Labute approximate surface area is 107 Å². The SMILES string of the molecule is Cc1ccc(C)c(NC(=O)c2cc(C)n(C)n2)c1. The summed E-state index contributed by atoms with van der Waals surface area (Å²) in [5.74, 6) is -0.174. The Balaban J connectivity index is 2.23. The quantitative estimate of drug-likeness (QED) is 0.881. The van der Waals surface area contributed by atoms with Gasteiger partial charge in [-0.1, -0.05) is 12.1 Å². The third-order valence-corrected chi connectivity index (χ3v) is 2.99. The highest BCUT2D eigenvalue weighted by atomic mass is 16.1. The minimum atomic E-state index is -0.174. The number of hydrogen-bond donors (Lipinski definition) is 1. The van der Waals surface area contributed by atoms with E-state index in [4.69, 9.17) is 0 Å². The summed E-state index contributed by atoms with van der Waals surface area (Å²) in [5.41, 5.74) is 4.40. The molecule has 94 valence electrons. The zero-order valence-electron chi connectivity index (χ0n) is 11.1. The lowest BCUT2D eigenvalue weighted by atomic mass is 10.1. The van der Waals surface area contributed by atoms with Crippen molar-refractivity contribution in [1.29, 1.82) is 0 Å². The maximum absolute atomic E-state index is 12.1. The Bertz CT molecular complexity index is 580. The van der Waals surface area contributed by atoms with Gasteiger partial charge >= 0.3 is 0 Å². The van der Waals surface area contributed by atoms with E-state index in [-0.39, 0.29) is 5.91 Å². The number of amides is 1. The lowest BCUT2D eigenvalue weighted by Crippen LogP contribution is -2.14. The van der Waals surface area contributed by atoms with Gasteiger partial charge in [0.1, 0.15) is 0 Å². The van der Waals surface area contributed by atoms with Crippen molar-refractivity contribution in [3.63, 3.8) is 0 Å². The number of aromatic nitrogens is 2. The van der Waals surface area contributed by atoms with Gasteiger partial charge in [0.25, 0.3) is 5.91 Å². The third kappa shape index (κ3) is 2.42. The van der Waals surface area contributed by atoms with E-state index in [2.05, 4.69) is 10.4 Å². The fourth-order valence-electron chi connectivity index (χ4n) is 1.73. The van der Waals surface area contributed by atoms with Crippen LogP contribution >= 0.6 is 0 Å². The molecule has 0 aliphatic heterocycles. The van der Waals surface area contributed by atoms with Crippen LogP contribution in [0.2, 0.25) is 0 Å². The van der Waals surface area contributed by atoms with Gasteiger partial charge in [0.15, 0.2) is 5.69 Å². The summed E-state index contributed by atoms with van der Waals surface area (Å²) in [4.78, 5) is 12.1. The largest absolute Gasteiger partial charge is 0.320 e. The van der Waals surface area contributed by atoms with Crippen LogP contribution in [0.15, 0.2) is 24.3 Å². The summed E-state index contributed by atoms with van der Waals surface area (Å²) >= 11 is 0. The van der Waals surface area contributed by atoms with Crippen LogP contribution in [0.5, 0.6) is 0 Å². The first-order valence-corrected chi connectivity index (χ1v) is 5.86. The van der Waals surface area contributed by atoms with Crippen molar-refractivity contribution in [2.24, 2.45) is 7.05 Å². The van der Waals surface area contributed by atoms with Crippen LogP contribution < -0.4 is 5.32 Å². The number of rotatable bonds is 2. The van der Waals surface area contributed by atoms with Crippen molar-refractivity contribution in [1.82, 2.24) is 9.78 Å². The van der Waals surface area contributed by atoms with Crippen molar-refractivity contribution in [2.45, 2.75) is 20.8 Å². The molecule has 0 aliphatic carbocycles. The van der Waals surface area contributed by atoms with Crippen molar-refractivity contribution in [3.05, 3.63) is 46.8 Å². The number of carbonyl (C=O) groups excluding carboxylic acids is 1. The van der Waals surface area contributed by atoms with E-state index >= 15 is 0 Å². The predicted octanol–water partition coefficient (Wildman–Crippen LogP) is 2.60. The number of nitrogens with one attached hydrogen (secondary N) is 1. The summed E-state index contributed by atoms with van der Waals surface area (Å²) < 4.78 is 1.69. The Kier molecular flexibility index (Phi) is 3.19. The average Bonchev–Trinajstić information content (AvgIpc) is 2.64. The molecule has 1 amide bonds. The molecule has 1 aromatic heterocycles. The maximum Gasteiger partial charge on any atom is 0.276 e. The molecule has 1 aromatic carbocycles. The second-order valence-corrected chi connectivity index (χ2v) is 4.57. The van der Waals surface area contributed by atoms with E-state index in [1.54, 1.807) is 10.7 Å². The molecule has 0 aliphatic rings. The second kappa shape index (κ2) is 4.64. The van der Waals surface area contributed by atoms with Crippen LogP contribution in [0.1, 0.15) is 27.3 Å². The van der Waals surface area contributed by atoms with E-state index in [1.807, 2.05) is 46.0 Å². The van der Waals surface area contributed by atoms with E-state index in [1.165, 1.54) is 0 Å². The van der Waals surface area contributed by atoms with Crippen LogP contribution in [0, 0.1) is 20.8 Å². The summed E-state index contributed by atoms with van der Waals surface area (Å²) in [6.45, 7) is 5.89. The van der Waals surface area contributed by atoms with Gasteiger partial charge in [-0.25, -0.2) is 0 Å². The van der Waals surface area contributed by atoms with E-state index in [0.29, 0.717) is 5.69 Å². The Morgan fingerprint density at radius 2 is 1.94 bits per heavy atom. The van der Waals surface area contributed by atoms with Gasteiger partial charge in [-0.3, -0.25) is 9.48 Å². The van der Waals surface area contributed by atoms with Crippen molar-refractivity contribution in [3.8, 4) is 0 Å². The lowest BCUT2D eigenvalue weighted by Gasteiger charge is -2.07. The van der Waals surface area contributed by atoms with Gasteiger partial charge < -0.3 is 5.32 Å². The molecule has 2 aromatic rings. The van der Waals surface area contributed by atoms with Gasteiger partial charge in [-0.15, -0.1) is 0 Å². The molecule has 0 fully saturated rings. The number of carbonyl (C=O) groups is 1. The Morgan fingerprint density at radius 3 is 2.56 bits per heavy atom. The van der Waals surface area contributed by atoms with Crippen molar-refractivity contribution in [2.75, 3.05) is 5.32 Å². The van der Waals surface area contributed by atoms with E-state index in [0.717, 1.165) is 22.5 Å². The average molecular weight is 243 g/mol. The van der Waals surface area contributed by atoms with Gasteiger partial charge in [0.2, 0.25) is 0 Å². The van der Waals surface area contributed by atoms with Gasteiger partial charge in [-0.05, 0) is 44.0 Å². The maximum atomic E-state index is 12.1. The molecule has 0 atom stereocenters. The van der Waals surface area contributed by atoms with Crippen LogP contribution in [0.4, 0.5) is 5.69 Å². The minimum Gasteiger partial charge on any atom is -0.320 e. The molecule has 0 spiro atoms. The smallest absolute Gasteiger partial charge is 0.276 e. The first-order valence-electron chi connectivity index (χ1n) is 5.86. The number of hydrogen-bond acceptors (Lipinski definition) is 2. The lowest BCUT2D eigenvalue weighted by molar-refractivity contribution is 0.102. The molecule has 0 bridgehead atoms. The molecule has 0 radical (unpaired) electrons. The molecule has 1 N–H and O–H groups in total. The molecular formula is C14H17N3O. The van der Waals surface area contributed by atoms with Gasteiger partial charge in [0, 0.05) is 18.4 Å². The molecule has 18 heavy (non-hydrogen) atoms. The molecule has 2 rings (SSSR count). The van der Waals surface area contributed by atoms with Crippen molar-refractivity contribution >= 4 is 11.6 Å². The summed E-state index contributed by atoms with van der Waals surface area (Å²) in [6.07, 6.45) is 0. The number of benzene rings is 1. The molecule has 0 unspecified atom stereocenters. The fourth-order valence-corrected chi connectivity index (χ4v) is 1.73. The predicted molar refractivity (Wildman–Crippen MR) is 71.8 cm³/mol. The Morgan fingerprint density at radius 1 is 1.22 bits per heavy atom. The second-order valence-electron chi connectivity index (χ2n) is 4.57. The first kappa shape index (κ1) is 12.4. The third-order valence-electron chi connectivity index (χ3n) is 2.99. The summed E-state index contributed by atoms with van der Waals surface area (Å²) in [7, 11) is 1.82. The first-order chi connectivity index (χ1) is 8.47. The zero-order chi connectivity index (χ0) is 13.3.